The van der Waals surface area contributed by atoms with Crippen molar-refractivity contribution in [1.29, 1.82) is 0 Å². The first-order valence-electron chi connectivity index (χ1n) is 9.33. The highest BCUT2D eigenvalue weighted by atomic mass is 16.5. The van der Waals surface area contributed by atoms with Gasteiger partial charge in [0.05, 0.1) is 6.61 Å². The van der Waals surface area contributed by atoms with Crippen LogP contribution in [0, 0.1) is 6.92 Å². The van der Waals surface area contributed by atoms with Crippen LogP contribution in [-0.2, 0) is 6.54 Å². The van der Waals surface area contributed by atoms with Crippen molar-refractivity contribution in [3.63, 3.8) is 0 Å². The number of amides is 1. The van der Waals surface area contributed by atoms with Gasteiger partial charge in [0.1, 0.15) is 5.56 Å². The van der Waals surface area contributed by atoms with Crippen LogP contribution >= 0.6 is 0 Å². The number of ether oxygens (including phenoxy) is 1. The number of benzene rings is 1. The van der Waals surface area contributed by atoms with Crippen LogP contribution in [0.5, 0.6) is 5.88 Å². The highest BCUT2D eigenvalue weighted by Crippen LogP contribution is 2.18. The summed E-state index contributed by atoms with van der Waals surface area (Å²) in [6, 6.07) is 12.3. The van der Waals surface area contributed by atoms with Gasteiger partial charge in [0.2, 0.25) is 5.88 Å². The second-order valence-electron chi connectivity index (χ2n) is 6.74. The molecule has 0 atom stereocenters. The Morgan fingerprint density at radius 3 is 2.73 bits per heavy atom. The molecule has 138 valence electrons. The first kappa shape index (κ1) is 18.4. The van der Waals surface area contributed by atoms with Crippen molar-refractivity contribution >= 4 is 5.91 Å². The zero-order valence-corrected chi connectivity index (χ0v) is 15.6. The molecule has 1 saturated heterocycles. The average molecular weight is 353 g/mol. The van der Waals surface area contributed by atoms with E-state index in [0.29, 0.717) is 18.1 Å². The topological polar surface area (TPSA) is 54.5 Å². The van der Waals surface area contributed by atoms with Crippen molar-refractivity contribution in [2.45, 2.75) is 39.3 Å². The molecule has 1 aliphatic rings. The standard InChI is InChI=1S/C21H27N3O2/c1-3-26-21-19(9-6-12-22-21)20(25)23-18-10-13-24(14-11-18)15-17-8-5-4-7-16(17)2/h4-9,12,18H,3,10-11,13-15H2,1-2H3,(H,23,25). The fraction of sp³-hybridized carbons (Fsp3) is 0.429. The molecule has 0 saturated carbocycles. The van der Waals surface area contributed by atoms with Gasteiger partial charge < -0.3 is 10.1 Å². The van der Waals surface area contributed by atoms with Crippen molar-refractivity contribution in [3.05, 3.63) is 59.3 Å². The van der Waals surface area contributed by atoms with Crippen LogP contribution in [0.1, 0.15) is 41.3 Å². The average Bonchev–Trinajstić information content (AvgIpc) is 2.66. The van der Waals surface area contributed by atoms with Gasteiger partial charge in [-0.15, -0.1) is 0 Å². The Bertz CT molecular complexity index is 740. The summed E-state index contributed by atoms with van der Waals surface area (Å²) in [5.41, 5.74) is 3.23. The molecular formula is C21H27N3O2. The molecule has 0 bridgehead atoms. The predicted molar refractivity (Wildman–Crippen MR) is 102 cm³/mol. The minimum absolute atomic E-state index is 0.0982. The van der Waals surface area contributed by atoms with E-state index >= 15 is 0 Å². The number of piperidine rings is 1. The fourth-order valence-corrected chi connectivity index (χ4v) is 3.34. The molecule has 1 aromatic carbocycles. The van der Waals surface area contributed by atoms with E-state index in [-0.39, 0.29) is 11.9 Å². The number of hydrogen-bond donors (Lipinski definition) is 1. The lowest BCUT2D eigenvalue weighted by atomic mass is 10.0. The maximum atomic E-state index is 12.6. The van der Waals surface area contributed by atoms with Gasteiger partial charge in [-0.1, -0.05) is 24.3 Å². The normalized spacial score (nSPS) is 15.6. The number of aromatic nitrogens is 1. The zero-order valence-electron chi connectivity index (χ0n) is 15.6. The van der Waals surface area contributed by atoms with Gasteiger partial charge in [-0.2, -0.15) is 0 Å². The predicted octanol–water partition coefficient (Wildman–Crippen LogP) is 3.18. The number of carbonyl (C=O) groups is 1. The molecule has 1 amide bonds. The number of hydrogen-bond acceptors (Lipinski definition) is 4. The second kappa shape index (κ2) is 8.81. The molecule has 1 aliphatic heterocycles. The Morgan fingerprint density at radius 1 is 1.23 bits per heavy atom. The summed E-state index contributed by atoms with van der Waals surface area (Å²) in [6.45, 7) is 7.50. The molecule has 0 aliphatic carbocycles. The number of aryl methyl sites for hydroxylation is 1. The van der Waals surface area contributed by atoms with E-state index in [0.717, 1.165) is 32.5 Å². The number of rotatable bonds is 6. The Kier molecular flexibility index (Phi) is 6.23. The van der Waals surface area contributed by atoms with Gasteiger partial charge >= 0.3 is 0 Å². The first-order chi connectivity index (χ1) is 12.7. The summed E-state index contributed by atoms with van der Waals surface area (Å²) in [5, 5.41) is 3.14. The van der Waals surface area contributed by atoms with Crippen LogP contribution in [0.2, 0.25) is 0 Å². The third-order valence-electron chi connectivity index (χ3n) is 4.87. The first-order valence-corrected chi connectivity index (χ1v) is 9.33. The molecule has 2 aromatic rings. The molecule has 1 fully saturated rings. The van der Waals surface area contributed by atoms with Crippen LogP contribution in [0.4, 0.5) is 0 Å². The number of nitrogens with one attached hydrogen (secondary N) is 1. The monoisotopic (exact) mass is 353 g/mol. The number of nitrogens with zero attached hydrogens (tertiary/aromatic N) is 2. The van der Waals surface area contributed by atoms with Crippen molar-refractivity contribution in [2.24, 2.45) is 0 Å². The molecule has 0 spiro atoms. The molecule has 0 radical (unpaired) electrons. The lowest BCUT2D eigenvalue weighted by molar-refractivity contribution is 0.0904. The van der Waals surface area contributed by atoms with Gasteiger partial charge in [-0.05, 0) is 49.9 Å². The Morgan fingerprint density at radius 2 is 2.00 bits per heavy atom. The van der Waals surface area contributed by atoms with Crippen LogP contribution in [0.15, 0.2) is 42.6 Å². The maximum Gasteiger partial charge on any atom is 0.256 e. The lowest BCUT2D eigenvalue weighted by Crippen LogP contribution is -2.44. The van der Waals surface area contributed by atoms with Crippen LogP contribution in [0.3, 0.4) is 0 Å². The van der Waals surface area contributed by atoms with Gasteiger partial charge in [-0.25, -0.2) is 4.98 Å². The van der Waals surface area contributed by atoms with Crippen molar-refractivity contribution in [2.75, 3.05) is 19.7 Å². The molecular weight excluding hydrogens is 326 g/mol. The van der Waals surface area contributed by atoms with E-state index in [1.54, 1.807) is 18.3 Å². The maximum absolute atomic E-state index is 12.6. The molecule has 5 nitrogen and oxygen atoms in total. The van der Waals surface area contributed by atoms with Gasteiger partial charge in [0.25, 0.3) is 5.91 Å². The summed E-state index contributed by atoms with van der Waals surface area (Å²) in [4.78, 5) is 19.2. The largest absolute Gasteiger partial charge is 0.477 e. The minimum Gasteiger partial charge on any atom is -0.477 e. The van der Waals surface area contributed by atoms with E-state index in [1.807, 2.05) is 6.92 Å². The van der Waals surface area contributed by atoms with E-state index in [1.165, 1.54) is 11.1 Å². The smallest absolute Gasteiger partial charge is 0.256 e. The Hall–Kier alpha value is -2.40. The molecule has 5 heteroatoms. The molecule has 26 heavy (non-hydrogen) atoms. The lowest BCUT2D eigenvalue weighted by Gasteiger charge is -2.32. The molecule has 2 heterocycles. The van der Waals surface area contributed by atoms with Crippen molar-refractivity contribution in [3.8, 4) is 5.88 Å². The third kappa shape index (κ3) is 4.61. The van der Waals surface area contributed by atoms with E-state index < -0.39 is 0 Å². The van der Waals surface area contributed by atoms with Crippen LogP contribution in [-0.4, -0.2) is 41.5 Å². The molecule has 1 N–H and O–H groups in total. The van der Waals surface area contributed by atoms with E-state index in [2.05, 4.69) is 46.4 Å². The minimum atomic E-state index is -0.0982. The fourth-order valence-electron chi connectivity index (χ4n) is 3.34. The molecule has 1 aromatic heterocycles. The quantitative estimate of drug-likeness (QED) is 0.867. The van der Waals surface area contributed by atoms with Gasteiger partial charge in [0, 0.05) is 31.9 Å². The highest BCUT2D eigenvalue weighted by molar-refractivity contribution is 5.96. The van der Waals surface area contributed by atoms with Gasteiger partial charge in [0.15, 0.2) is 0 Å². The van der Waals surface area contributed by atoms with Crippen LogP contribution in [0.25, 0.3) is 0 Å². The summed E-state index contributed by atoms with van der Waals surface area (Å²) < 4.78 is 5.46. The Labute approximate surface area is 155 Å². The number of carbonyl (C=O) groups excluding carboxylic acids is 1. The van der Waals surface area contributed by atoms with Crippen LogP contribution < -0.4 is 10.1 Å². The highest BCUT2D eigenvalue weighted by Gasteiger charge is 2.23. The summed E-state index contributed by atoms with van der Waals surface area (Å²) in [5.74, 6) is 0.309. The van der Waals surface area contributed by atoms with E-state index in [9.17, 15) is 4.79 Å². The number of pyridine rings is 1. The third-order valence-corrected chi connectivity index (χ3v) is 4.87. The SMILES string of the molecule is CCOc1ncccc1C(=O)NC1CCN(Cc2ccccc2C)CC1. The second-order valence-corrected chi connectivity index (χ2v) is 6.74. The summed E-state index contributed by atoms with van der Waals surface area (Å²) in [7, 11) is 0. The Balaban J connectivity index is 1.53. The summed E-state index contributed by atoms with van der Waals surface area (Å²) in [6.07, 6.45) is 3.57. The molecule has 0 unspecified atom stereocenters. The number of likely N-dealkylation sites (tertiary alicyclic amines) is 1. The van der Waals surface area contributed by atoms with Crippen molar-refractivity contribution < 1.29 is 9.53 Å². The van der Waals surface area contributed by atoms with Gasteiger partial charge in [-0.3, -0.25) is 9.69 Å². The van der Waals surface area contributed by atoms with Crippen molar-refractivity contribution in [1.82, 2.24) is 15.2 Å². The summed E-state index contributed by atoms with van der Waals surface area (Å²) >= 11 is 0. The zero-order chi connectivity index (χ0) is 18.4. The van der Waals surface area contributed by atoms with E-state index in [4.69, 9.17) is 4.74 Å². The molecule has 3 rings (SSSR count).